The molecule has 0 spiro atoms. The van der Waals surface area contributed by atoms with Gasteiger partial charge in [-0.2, -0.15) is 0 Å². The summed E-state index contributed by atoms with van der Waals surface area (Å²) in [5.41, 5.74) is 0.0417. The number of nitrogens with one attached hydrogen (secondary N) is 1. The number of ether oxygens (including phenoxy) is 1. The highest BCUT2D eigenvalue weighted by Crippen LogP contribution is 2.02. The molecule has 0 fully saturated rings. The van der Waals surface area contributed by atoms with Crippen LogP contribution in [0.3, 0.4) is 0 Å². The molecule has 0 radical (unpaired) electrons. The fourth-order valence-electron chi connectivity index (χ4n) is 0.123. The van der Waals surface area contributed by atoms with Gasteiger partial charge in [-0.1, -0.05) is 0 Å². The number of carbonyl (C=O) groups is 1. The Balaban J connectivity index is 0. The molecule has 0 bridgehead atoms. The number of aliphatic hydroxyl groups is 1. The molecule has 0 aromatic rings. The second-order valence-electron chi connectivity index (χ2n) is 3.11. The number of aliphatic hydroxyl groups excluding tert-OH is 1. The van der Waals surface area contributed by atoms with Gasteiger partial charge in [0.2, 0.25) is 6.41 Å². The minimum Gasteiger partial charge on any atom is -0.395 e. The van der Waals surface area contributed by atoms with Gasteiger partial charge in [0.15, 0.2) is 0 Å². The number of amides is 1. The summed E-state index contributed by atoms with van der Waals surface area (Å²) in [7, 11) is 1.71. The van der Waals surface area contributed by atoms with E-state index in [0.717, 1.165) is 0 Å². The third kappa shape index (κ3) is 22.8. The van der Waals surface area contributed by atoms with Gasteiger partial charge < -0.3 is 15.2 Å². The van der Waals surface area contributed by atoms with Crippen LogP contribution in [0.15, 0.2) is 0 Å². The average molecular weight is 177 g/mol. The first-order valence-corrected chi connectivity index (χ1v) is 3.81. The number of rotatable bonds is 3. The van der Waals surface area contributed by atoms with E-state index < -0.39 is 0 Å². The Kier molecular flexibility index (Phi) is 9.86. The van der Waals surface area contributed by atoms with Crippen LogP contribution in [0.25, 0.3) is 0 Å². The molecule has 74 valence electrons. The summed E-state index contributed by atoms with van der Waals surface area (Å²) in [4.78, 5) is 9.34. The lowest BCUT2D eigenvalue weighted by Gasteiger charge is -2.14. The number of methoxy groups -OCH3 is 1. The highest BCUT2D eigenvalue weighted by Gasteiger charge is 2.03. The van der Waals surface area contributed by atoms with Crippen molar-refractivity contribution in [2.45, 2.75) is 26.4 Å². The maximum atomic E-state index is 9.34. The molecule has 0 heterocycles. The zero-order valence-corrected chi connectivity index (χ0v) is 8.26. The van der Waals surface area contributed by atoms with Crippen molar-refractivity contribution in [2.24, 2.45) is 0 Å². The first kappa shape index (κ1) is 13.9. The Morgan fingerprint density at radius 2 is 1.92 bits per heavy atom. The molecule has 0 aliphatic rings. The largest absolute Gasteiger partial charge is 0.395 e. The SMILES string of the molecule is COC(C)(C)C.O=CNCCO. The second kappa shape index (κ2) is 8.49. The molecule has 0 unspecified atom stereocenters. The lowest BCUT2D eigenvalue weighted by atomic mass is 10.2. The van der Waals surface area contributed by atoms with Crippen molar-refractivity contribution in [1.29, 1.82) is 0 Å². The summed E-state index contributed by atoms with van der Waals surface area (Å²) in [5.74, 6) is 0. The van der Waals surface area contributed by atoms with Crippen molar-refractivity contribution >= 4 is 6.41 Å². The maximum absolute atomic E-state index is 9.34. The third-order valence-electron chi connectivity index (χ3n) is 0.952. The monoisotopic (exact) mass is 177 g/mol. The molecule has 2 N–H and O–H groups in total. The minimum absolute atomic E-state index is 0.0126. The quantitative estimate of drug-likeness (QED) is 0.477. The van der Waals surface area contributed by atoms with Crippen LogP contribution in [-0.4, -0.2) is 37.4 Å². The van der Waals surface area contributed by atoms with Crippen LogP contribution in [-0.2, 0) is 9.53 Å². The highest BCUT2D eigenvalue weighted by atomic mass is 16.5. The fraction of sp³-hybridized carbons (Fsp3) is 0.875. The van der Waals surface area contributed by atoms with Crippen molar-refractivity contribution in [1.82, 2.24) is 5.32 Å². The van der Waals surface area contributed by atoms with Gasteiger partial charge in [-0.15, -0.1) is 0 Å². The van der Waals surface area contributed by atoms with Crippen LogP contribution in [0.4, 0.5) is 0 Å². The molecule has 0 saturated carbocycles. The molecule has 4 heteroatoms. The molecule has 4 nitrogen and oxygen atoms in total. The van der Waals surface area contributed by atoms with E-state index in [1.165, 1.54) is 0 Å². The summed E-state index contributed by atoms with van der Waals surface area (Å²) in [6.07, 6.45) is 0.552. The van der Waals surface area contributed by atoms with E-state index in [0.29, 0.717) is 13.0 Å². The summed E-state index contributed by atoms with van der Waals surface area (Å²) >= 11 is 0. The van der Waals surface area contributed by atoms with Gasteiger partial charge in [-0.05, 0) is 20.8 Å². The fourth-order valence-corrected chi connectivity index (χ4v) is 0.123. The first-order chi connectivity index (χ1) is 5.47. The Labute approximate surface area is 73.9 Å². The van der Waals surface area contributed by atoms with E-state index in [4.69, 9.17) is 9.84 Å². The molecule has 0 saturated heterocycles. The van der Waals surface area contributed by atoms with Crippen molar-refractivity contribution in [3.63, 3.8) is 0 Å². The minimum atomic E-state index is 0.0126. The molecule has 0 rings (SSSR count). The first-order valence-electron chi connectivity index (χ1n) is 3.81. The Hall–Kier alpha value is -0.610. The molecule has 0 atom stereocenters. The van der Waals surface area contributed by atoms with Gasteiger partial charge >= 0.3 is 0 Å². The molecule has 0 aromatic heterocycles. The van der Waals surface area contributed by atoms with Crippen molar-refractivity contribution < 1.29 is 14.6 Å². The molecular weight excluding hydrogens is 158 g/mol. The van der Waals surface area contributed by atoms with Gasteiger partial charge in [-0.25, -0.2) is 0 Å². The van der Waals surface area contributed by atoms with E-state index in [2.05, 4.69) is 5.32 Å². The Morgan fingerprint density at radius 1 is 1.50 bits per heavy atom. The van der Waals surface area contributed by atoms with E-state index in [-0.39, 0.29) is 12.2 Å². The zero-order chi connectivity index (χ0) is 10.0. The Bertz CT molecular complexity index is 99.0. The van der Waals surface area contributed by atoms with Gasteiger partial charge in [0.25, 0.3) is 0 Å². The summed E-state index contributed by atoms with van der Waals surface area (Å²) < 4.78 is 4.94. The highest BCUT2D eigenvalue weighted by molar-refractivity contribution is 5.45. The predicted molar refractivity (Wildman–Crippen MR) is 47.9 cm³/mol. The lowest BCUT2D eigenvalue weighted by molar-refractivity contribution is -0.109. The number of carbonyl (C=O) groups excluding carboxylic acids is 1. The molecule has 0 aromatic carbocycles. The number of hydrogen-bond donors (Lipinski definition) is 2. The topological polar surface area (TPSA) is 58.6 Å². The van der Waals surface area contributed by atoms with Gasteiger partial charge in [0.05, 0.1) is 12.2 Å². The van der Waals surface area contributed by atoms with Crippen LogP contribution >= 0.6 is 0 Å². The summed E-state index contributed by atoms with van der Waals surface area (Å²) in [6.45, 7) is 6.43. The summed E-state index contributed by atoms with van der Waals surface area (Å²) in [6, 6.07) is 0. The van der Waals surface area contributed by atoms with Crippen LogP contribution in [0.2, 0.25) is 0 Å². The molecule has 1 amide bonds. The van der Waals surface area contributed by atoms with Gasteiger partial charge in [-0.3, -0.25) is 4.79 Å². The van der Waals surface area contributed by atoms with E-state index >= 15 is 0 Å². The third-order valence-corrected chi connectivity index (χ3v) is 0.952. The molecular formula is C8H19NO3. The van der Waals surface area contributed by atoms with Crippen LogP contribution in [0, 0.1) is 0 Å². The molecule has 0 aliphatic heterocycles. The van der Waals surface area contributed by atoms with Crippen molar-refractivity contribution in [3.05, 3.63) is 0 Å². The van der Waals surface area contributed by atoms with E-state index in [9.17, 15) is 4.79 Å². The normalized spacial score (nSPS) is 9.75. The second-order valence-corrected chi connectivity index (χ2v) is 3.11. The van der Waals surface area contributed by atoms with Crippen LogP contribution < -0.4 is 5.32 Å². The maximum Gasteiger partial charge on any atom is 0.207 e. The molecule has 0 aliphatic carbocycles. The van der Waals surface area contributed by atoms with Gasteiger partial charge in [0.1, 0.15) is 0 Å². The number of hydrogen-bond acceptors (Lipinski definition) is 3. The van der Waals surface area contributed by atoms with E-state index in [1.54, 1.807) is 7.11 Å². The average Bonchev–Trinajstić information content (AvgIpc) is 2.01. The Morgan fingerprint density at radius 3 is 2.00 bits per heavy atom. The van der Waals surface area contributed by atoms with E-state index in [1.807, 2.05) is 20.8 Å². The van der Waals surface area contributed by atoms with Crippen LogP contribution in [0.1, 0.15) is 20.8 Å². The summed E-state index contributed by atoms with van der Waals surface area (Å²) in [5, 5.41) is 10.2. The zero-order valence-electron chi connectivity index (χ0n) is 8.26. The standard InChI is InChI=1S/C5H12O.C3H7NO2/c1-5(2,3)6-4;5-2-1-4-3-6/h1-4H3;3,5H,1-2H2,(H,4,6). The van der Waals surface area contributed by atoms with Gasteiger partial charge in [0, 0.05) is 13.7 Å². The predicted octanol–water partition coefficient (Wildman–Crippen LogP) is 0.156. The smallest absolute Gasteiger partial charge is 0.207 e. The lowest BCUT2D eigenvalue weighted by Crippen LogP contribution is -2.15. The van der Waals surface area contributed by atoms with Crippen LogP contribution in [0.5, 0.6) is 0 Å². The van der Waals surface area contributed by atoms with Crippen molar-refractivity contribution in [3.8, 4) is 0 Å². The molecule has 12 heavy (non-hydrogen) atoms. The van der Waals surface area contributed by atoms with Crippen molar-refractivity contribution in [2.75, 3.05) is 20.3 Å².